The van der Waals surface area contributed by atoms with Crippen molar-refractivity contribution in [2.75, 3.05) is 19.8 Å². The van der Waals surface area contributed by atoms with Gasteiger partial charge in [-0.15, -0.1) is 0 Å². The van der Waals surface area contributed by atoms with Crippen LogP contribution in [0.4, 0.5) is 0 Å². The van der Waals surface area contributed by atoms with Gasteiger partial charge in [-0.1, -0.05) is 6.92 Å². The molecular formula is C10H21NO5. The van der Waals surface area contributed by atoms with E-state index in [1.807, 2.05) is 6.92 Å². The van der Waals surface area contributed by atoms with Crippen LogP contribution in [0.5, 0.6) is 0 Å². The first-order valence-electron chi connectivity index (χ1n) is 5.60. The van der Waals surface area contributed by atoms with E-state index in [0.717, 1.165) is 6.42 Å². The van der Waals surface area contributed by atoms with Gasteiger partial charge in [0.25, 0.3) is 0 Å². The number of hydrogen-bond donors (Lipinski definition) is 5. The van der Waals surface area contributed by atoms with Crippen molar-refractivity contribution in [2.45, 2.75) is 43.8 Å². The van der Waals surface area contributed by atoms with E-state index in [9.17, 15) is 10.2 Å². The Morgan fingerprint density at radius 1 is 1.19 bits per heavy atom. The SMILES string of the molecule is CCC(CO)NC[C@H]1O[C@H](CO)[C@@H](O)[C@@H]1O. The van der Waals surface area contributed by atoms with Crippen LogP contribution in [0, 0.1) is 0 Å². The van der Waals surface area contributed by atoms with Crippen LogP contribution in [0.3, 0.4) is 0 Å². The minimum absolute atomic E-state index is 0.0191. The summed E-state index contributed by atoms with van der Waals surface area (Å²) in [5.74, 6) is 0. The van der Waals surface area contributed by atoms with Crippen LogP contribution in [-0.2, 0) is 4.74 Å². The lowest BCUT2D eigenvalue weighted by Crippen LogP contribution is -2.42. The van der Waals surface area contributed by atoms with Gasteiger partial charge in [0.05, 0.1) is 19.3 Å². The number of rotatable bonds is 6. The summed E-state index contributed by atoms with van der Waals surface area (Å²) in [6.45, 7) is 1.98. The molecule has 0 saturated carbocycles. The zero-order chi connectivity index (χ0) is 12.1. The molecule has 6 nitrogen and oxygen atoms in total. The second-order valence-electron chi connectivity index (χ2n) is 4.07. The Kier molecular flexibility index (Phi) is 5.60. The van der Waals surface area contributed by atoms with Crippen LogP contribution in [0.25, 0.3) is 0 Å². The average Bonchev–Trinajstić information content (AvgIpc) is 2.58. The monoisotopic (exact) mass is 235 g/mol. The van der Waals surface area contributed by atoms with Crippen molar-refractivity contribution in [3.05, 3.63) is 0 Å². The molecule has 16 heavy (non-hydrogen) atoms. The van der Waals surface area contributed by atoms with E-state index in [2.05, 4.69) is 5.32 Å². The summed E-state index contributed by atoms with van der Waals surface area (Å²) in [6, 6.07) is -0.0406. The van der Waals surface area contributed by atoms with Crippen LogP contribution in [0.1, 0.15) is 13.3 Å². The van der Waals surface area contributed by atoms with Crippen LogP contribution in [0.15, 0.2) is 0 Å². The minimum atomic E-state index is -1.05. The number of aliphatic hydroxyl groups is 4. The second-order valence-corrected chi connectivity index (χ2v) is 4.07. The molecule has 0 bridgehead atoms. The van der Waals surface area contributed by atoms with Gasteiger partial charge in [0.15, 0.2) is 0 Å². The molecule has 1 unspecified atom stereocenters. The maximum atomic E-state index is 9.63. The molecule has 5 N–H and O–H groups in total. The lowest BCUT2D eigenvalue weighted by Gasteiger charge is -2.19. The van der Waals surface area contributed by atoms with Crippen molar-refractivity contribution in [2.24, 2.45) is 0 Å². The zero-order valence-electron chi connectivity index (χ0n) is 9.41. The summed E-state index contributed by atoms with van der Waals surface area (Å²) in [5, 5.41) is 40.0. The van der Waals surface area contributed by atoms with Crippen molar-refractivity contribution < 1.29 is 25.2 Å². The third-order valence-corrected chi connectivity index (χ3v) is 2.96. The van der Waals surface area contributed by atoms with Gasteiger partial charge in [-0.05, 0) is 6.42 Å². The fourth-order valence-corrected chi connectivity index (χ4v) is 1.77. The summed E-state index contributed by atoms with van der Waals surface area (Å²) in [4.78, 5) is 0. The molecule has 1 heterocycles. The van der Waals surface area contributed by atoms with Crippen molar-refractivity contribution >= 4 is 0 Å². The van der Waals surface area contributed by atoms with Crippen LogP contribution in [-0.4, -0.2) is 70.6 Å². The molecule has 0 aromatic carbocycles. The van der Waals surface area contributed by atoms with E-state index in [4.69, 9.17) is 14.9 Å². The standard InChI is InChI=1S/C10H21NO5/c1-2-6(4-12)11-3-7-9(14)10(15)8(5-13)16-7/h6-15H,2-5H2,1H3/t6?,7-,8-,9-,10-/m1/s1. The van der Waals surface area contributed by atoms with Crippen LogP contribution >= 0.6 is 0 Å². The molecule has 1 fully saturated rings. The first-order chi connectivity index (χ1) is 7.63. The van der Waals surface area contributed by atoms with Crippen LogP contribution in [0.2, 0.25) is 0 Å². The van der Waals surface area contributed by atoms with E-state index in [1.54, 1.807) is 0 Å². The summed E-state index contributed by atoms with van der Waals surface area (Å²) in [6.07, 6.45) is -2.55. The van der Waals surface area contributed by atoms with Gasteiger partial charge in [0, 0.05) is 12.6 Å². The second kappa shape index (κ2) is 6.48. The Hall–Kier alpha value is -0.240. The Morgan fingerprint density at radius 2 is 1.81 bits per heavy atom. The molecule has 1 rings (SSSR count). The predicted molar refractivity (Wildman–Crippen MR) is 56.9 cm³/mol. The Bertz CT molecular complexity index is 200. The smallest absolute Gasteiger partial charge is 0.111 e. The normalized spacial score (nSPS) is 36.6. The molecular weight excluding hydrogens is 214 g/mol. The fourth-order valence-electron chi connectivity index (χ4n) is 1.77. The zero-order valence-corrected chi connectivity index (χ0v) is 9.41. The number of aliphatic hydroxyl groups excluding tert-OH is 4. The molecule has 0 radical (unpaired) electrons. The largest absolute Gasteiger partial charge is 0.395 e. The van der Waals surface area contributed by atoms with E-state index < -0.39 is 24.4 Å². The molecule has 1 aliphatic rings. The van der Waals surface area contributed by atoms with Crippen molar-refractivity contribution in [3.8, 4) is 0 Å². The summed E-state index contributed by atoms with van der Waals surface area (Å²) in [5.41, 5.74) is 0. The van der Waals surface area contributed by atoms with Crippen LogP contribution < -0.4 is 5.32 Å². The molecule has 6 heteroatoms. The molecule has 0 aliphatic carbocycles. The summed E-state index contributed by atoms with van der Waals surface area (Å²) in [7, 11) is 0. The van der Waals surface area contributed by atoms with Gasteiger partial charge in [-0.25, -0.2) is 0 Å². The molecule has 1 saturated heterocycles. The number of hydrogen-bond acceptors (Lipinski definition) is 6. The highest BCUT2D eigenvalue weighted by Gasteiger charge is 2.41. The lowest BCUT2D eigenvalue weighted by atomic mass is 10.1. The third-order valence-electron chi connectivity index (χ3n) is 2.96. The van der Waals surface area contributed by atoms with E-state index >= 15 is 0 Å². The number of nitrogens with one attached hydrogen (secondary N) is 1. The molecule has 0 amide bonds. The van der Waals surface area contributed by atoms with Crippen molar-refractivity contribution in [3.63, 3.8) is 0 Å². The summed E-state index contributed by atoms with van der Waals surface area (Å²) < 4.78 is 5.28. The van der Waals surface area contributed by atoms with Gasteiger partial charge < -0.3 is 30.5 Å². The molecule has 0 spiro atoms. The minimum Gasteiger partial charge on any atom is -0.395 e. The fraction of sp³-hybridized carbons (Fsp3) is 1.00. The molecule has 0 aromatic rings. The molecule has 0 aromatic heterocycles. The molecule has 5 atom stereocenters. The Balaban J connectivity index is 2.38. The highest BCUT2D eigenvalue weighted by molar-refractivity contribution is 4.91. The maximum absolute atomic E-state index is 9.63. The predicted octanol–water partition coefficient (Wildman–Crippen LogP) is -2.17. The topological polar surface area (TPSA) is 102 Å². The van der Waals surface area contributed by atoms with Crippen molar-refractivity contribution in [1.82, 2.24) is 5.32 Å². The highest BCUT2D eigenvalue weighted by atomic mass is 16.6. The maximum Gasteiger partial charge on any atom is 0.111 e. The molecule has 1 aliphatic heterocycles. The summed E-state index contributed by atoms with van der Waals surface area (Å²) >= 11 is 0. The van der Waals surface area contributed by atoms with Gasteiger partial charge in [0.1, 0.15) is 18.3 Å². The Morgan fingerprint density at radius 3 is 2.25 bits per heavy atom. The van der Waals surface area contributed by atoms with E-state index in [1.165, 1.54) is 0 Å². The first kappa shape index (κ1) is 13.8. The Labute approximate surface area is 94.9 Å². The lowest BCUT2D eigenvalue weighted by molar-refractivity contribution is -0.0223. The van der Waals surface area contributed by atoms with Gasteiger partial charge >= 0.3 is 0 Å². The van der Waals surface area contributed by atoms with Gasteiger partial charge in [-0.2, -0.15) is 0 Å². The quantitative estimate of drug-likeness (QED) is 0.359. The number of ether oxygens (including phenoxy) is 1. The van der Waals surface area contributed by atoms with E-state index in [0.29, 0.717) is 6.54 Å². The van der Waals surface area contributed by atoms with Gasteiger partial charge in [-0.3, -0.25) is 0 Å². The average molecular weight is 235 g/mol. The molecule has 96 valence electrons. The van der Waals surface area contributed by atoms with Crippen molar-refractivity contribution in [1.29, 1.82) is 0 Å². The highest BCUT2D eigenvalue weighted by Crippen LogP contribution is 2.20. The third kappa shape index (κ3) is 3.13. The van der Waals surface area contributed by atoms with Gasteiger partial charge in [0.2, 0.25) is 0 Å². The first-order valence-corrected chi connectivity index (χ1v) is 5.60. The van der Waals surface area contributed by atoms with E-state index in [-0.39, 0.29) is 19.3 Å².